The number of nitrogens with two attached hydrogens (primary N) is 3. The summed E-state index contributed by atoms with van der Waals surface area (Å²) in [5.41, 5.74) is 18.1. The maximum atomic E-state index is 12.0. The summed E-state index contributed by atoms with van der Waals surface area (Å²) in [7, 11) is 0. The summed E-state index contributed by atoms with van der Waals surface area (Å²) in [5.74, 6) is -0.734. The van der Waals surface area contributed by atoms with Crippen LogP contribution in [0.3, 0.4) is 0 Å². The predicted octanol–water partition coefficient (Wildman–Crippen LogP) is -3.77. The van der Waals surface area contributed by atoms with E-state index in [1.165, 1.54) is 0 Å². The molecule has 0 aromatic carbocycles. The molecule has 0 radical (unpaired) electrons. The van der Waals surface area contributed by atoms with Gasteiger partial charge in [-0.05, 0) is 49.7 Å². The molecule has 0 aromatic heterocycles. The maximum Gasteiger partial charge on any atom is 0.249 e. The Balaban J connectivity index is 1.31. The monoisotopic (exact) mass is 841 g/mol. The highest BCUT2D eigenvalue weighted by molar-refractivity contribution is 7.99. The molecular formula is C38H76N6O12S. The normalized spacial score (nSPS) is 36.8. The molecule has 19 heteroatoms. The molecule has 1 heterocycles. The number of hydrogen-bond acceptors (Lipinski definition) is 18. The molecule has 2 aliphatic carbocycles. The largest absolute Gasteiger partial charge is 0.396 e. The number of carbonyl (C=O) groups excluding carboxylic acids is 1. The predicted molar refractivity (Wildman–Crippen MR) is 215 cm³/mol. The number of rotatable bonds is 24. The Bertz CT molecular complexity index is 1160. The number of unbranched alkanes of at least 4 members (excludes halogenated alkanes) is 2. The van der Waals surface area contributed by atoms with E-state index >= 15 is 0 Å². The lowest BCUT2D eigenvalue weighted by Gasteiger charge is -2.51. The molecule has 0 aromatic rings. The third-order valence-electron chi connectivity index (χ3n) is 12.2. The summed E-state index contributed by atoms with van der Waals surface area (Å²) in [6.45, 7) is 5.66. The van der Waals surface area contributed by atoms with Gasteiger partial charge in [-0.3, -0.25) is 10.1 Å². The molecule has 1 saturated heterocycles. The van der Waals surface area contributed by atoms with Gasteiger partial charge in [-0.25, -0.2) is 0 Å². The molecular weight excluding hydrogens is 765 g/mol. The van der Waals surface area contributed by atoms with E-state index in [1.54, 1.807) is 32.5 Å². The van der Waals surface area contributed by atoms with Crippen molar-refractivity contribution in [2.75, 3.05) is 50.9 Å². The van der Waals surface area contributed by atoms with Crippen LogP contribution >= 0.6 is 11.8 Å². The quantitative estimate of drug-likeness (QED) is 0.0328. The van der Waals surface area contributed by atoms with Gasteiger partial charge in [0, 0.05) is 80.3 Å². The van der Waals surface area contributed by atoms with E-state index in [2.05, 4.69) is 16.0 Å². The molecule has 57 heavy (non-hydrogen) atoms. The lowest BCUT2D eigenvalue weighted by molar-refractivity contribution is -0.309. The van der Waals surface area contributed by atoms with Gasteiger partial charge in [0.1, 0.15) is 24.5 Å². The highest BCUT2D eigenvalue weighted by Crippen LogP contribution is 2.41. The third-order valence-corrected chi connectivity index (χ3v) is 13.2. The van der Waals surface area contributed by atoms with Crippen LogP contribution in [-0.2, 0) is 14.3 Å². The maximum absolute atomic E-state index is 12.0. The average Bonchev–Trinajstić information content (AvgIpc) is 3.17. The molecule has 17 unspecified atom stereocenters. The van der Waals surface area contributed by atoms with Crippen molar-refractivity contribution < 1.29 is 60.2 Å². The fourth-order valence-electron chi connectivity index (χ4n) is 8.26. The number of nitrogens with one attached hydrogen (secondary N) is 3. The molecule has 1 amide bonds. The highest BCUT2D eigenvalue weighted by Gasteiger charge is 2.52. The van der Waals surface area contributed by atoms with E-state index in [-0.39, 0.29) is 51.6 Å². The Morgan fingerprint density at radius 2 is 1.60 bits per heavy atom. The van der Waals surface area contributed by atoms with Gasteiger partial charge in [0.2, 0.25) is 5.91 Å². The summed E-state index contributed by atoms with van der Waals surface area (Å²) in [6, 6.07) is -1.82. The summed E-state index contributed by atoms with van der Waals surface area (Å²) in [5, 5.41) is 103. The first-order chi connectivity index (χ1) is 26.9. The van der Waals surface area contributed by atoms with Crippen molar-refractivity contribution in [1.82, 2.24) is 16.0 Å². The van der Waals surface area contributed by atoms with Crippen molar-refractivity contribution in [3.8, 4) is 0 Å². The van der Waals surface area contributed by atoms with Gasteiger partial charge in [0.25, 0.3) is 0 Å². The number of carbonyl (C=O) groups is 1. The van der Waals surface area contributed by atoms with Gasteiger partial charge in [-0.15, -0.1) is 0 Å². The Hall–Kier alpha value is -0.820. The highest BCUT2D eigenvalue weighted by atomic mass is 32.2. The van der Waals surface area contributed by atoms with Crippen LogP contribution in [0.5, 0.6) is 0 Å². The number of aliphatic hydroxyl groups excluding tert-OH is 9. The lowest BCUT2D eigenvalue weighted by Crippen LogP contribution is -2.66. The van der Waals surface area contributed by atoms with E-state index in [1.807, 2.05) is 0 Å². The molecule has 2 saturated carbocycles. The number of aliphatic hydroxyl groups is 9. The second-order valence-electron chi connectivity index (χ2n) is 17.3. The van der Waals surface area contributed by atoms with Crippen LogP contribution in [0.4, 0.5) is 0 Å². The minimum absolute atomic E-state index is 0.0921. The first kappa shape index (κ1) is 50.5. The lowest BCUT2D eigenvalue weighted by atomic mass is 9.64. The first-order valence-corrected chi connectivity index (χ1v) is 21.9. The first-order valence-electron chi connectivity index (χ1n) is 20.8. The number of hydrogen-bond donors (Lipinski definition) is 15. The smallest absolute Gasteiger partial charge is 0.249 e. The topological polar surface area (TPSA) is 332 Å². The van der Waals surface area contributed by atoms with Gasteiger partial charge < -0.3 is 83.3 Å². The zero-order chi connectivity index (χ0) is 42.4. The van der Waals surface area contributed by atoms with Crippen LogP contribution in [0.25, 0.3) is 0 Å². The fraction of sp³-hybridized carbons (Fsp3) is 0.974. The molecule has 18 N–H and O–H groups in total. The second kappa shape index (κ2) is 24.6. The SMILES string of the molecule is CC1C(O)C(CNCC(O)CCCCCSCCNC(O)CCNC(=O)C(O)C(C)(C)CO)OC(OC2C(N)CC(N)C(C3CC(CO)CC(N)C3O)C2O)C1O. The van der Waals surface area contributed by atoms with E-state index < -0.39 is 109 Å². The number of ether oxygens (including phenoxy) is 2. The molecule has 336 valence electrons. The van der Waals surface area contributed by atoms with Crippen molar-refractivity contribution in [3.05, 3.63) is 0 Å². The molecule has 0 spiro atoms. The molecule has 17 atom stereocenters. The van der Waals surface area contributed by atoms with Crippen LogP contribution < -0.4 is 33.2 Å². The van der Waals surface area contributed by atoms with Crippen molar-refractivity contribution in [1.29, 1.82) is 0 Å². The van der Waals surface area contributed by atoms with Crippen LogP contribution in [0.1, 0.15) is 72.1 Å². The molecule has 1 aliphatic heterocycles. The van der Waals surface area contributed by atoms with Crippen molar-refractivity contribution in [2.45, 2.75) is 152 Å². The van der Waals surface area contributed by atoms with Crippen LogP contribution in [0.15, 0.2) is 0 Å². The number of thioether (sulfide) groups is 1. The van der Waals surface area contributed by atoms with Gasteiger partial charge >= 0.3 is 0 Å². The van der Waals surface area contributed by atoms with Gasteiger partial charge in [-0.1, -0.05) is 33.6 Å². The average molecular weight is 841 g/mol. The van der Waals surface area contributed by atoms with E-state index in [0.29, 0.717) is 25.8 Å². The second-order valence-corrected chi connectivity index (χ2v) is 18.6. The third kappa shape index (κ3) is 14.9. The van der Waals surface area contributed by atoms with E-state index in [9.17, 15) is 50.8 Å². The zero-order valence-electron chi connectivity index (χ0n) is 34.0. The molecule has 3 rings (SSSR count). The minimum Gasteiger partial charge on any atom is -0.396 e. The molecule has 3 fully saturated rings. The Kier molecular flexibility index (Phi) is 21.8. The standard InChI is InChI=1S/C38H76N6O12S/c1-20-30(49)27(55-37(31(20)50)56-34-26(41)15-24(39)29(33(34)52)23-13-21(18-45)14-25(40)32(23)51)17-42-16-22(47)7-5-4-6-11-57-12-10-43-28(48)8-9-44-36(54)35(53)38(2,3)19-46/h20-35,37,42-43,45-53H,4-19,39-41H2,1-3H3,(H,44,54). The minimum atomic E-state index is -1.34. The fourth-order valence-corrected chi connectivity index (χ4v) is 9.14. The van der Waals surface area contributed by atoms with E-state index in [4.69, 9.17) is 26.7 Å². The molecule has 3 aliphatic rings. The Morgan fingerprint density at radius 3 is 2.28 bits per heavy atom. The van der Waals surface area contributed by atoms with Crippen molar-refractivity contribution >= 4 is 17.7 Å². The zero-order valence-corrected chi connectivity index (χ0v) is 34.8. The van der Waals surface area contributed by atoms with Crippen molar-refractivity contribution in [3.63, 3.8) is 0 Å². The number of amides is 1. The van der Waals surface area contributed by atoms with Crippen molar-refractivity contribution in [2.24, 2.45) is 46.3 Å². The molecule has 18 nitrogen and oxygen atoms in total. The van der Waals surface area contributed by atoms with Gasteiger partial charge in [0.05, 0.1) is 37.1 Å². The Morgan fingerprint density at radius 1 is 0.877 bits per heavy atom. The Labute approximate surface area is 342 Å². The van der Waals surface area contributed by atoms with E-state index in [0.717, 1.165) is 30.8 Å². The molecule has 0 bridgehead atoms. The van der Waals surface area contributed by atoms with Crippen LogP contribution in [0.2, 0.25) is 0 Å². The van der Waals surface area contributed by atoms with Gasteiger partial charge in [0.15, 0.2) is 6.29 Å². The summed E-state index contributed by atoms with van der Waals surface area (Å²) in [4.78, 5) is 12.0. The van der Waals surface area contributed by atoms with Crippen LogP contribution in [0, 0.1) is 29.1 Å². The van der Waals surface area contributed by atoms with Crippen LogP contribution in [-0.4, -0.2) is 182 Å². The summed E-state index contributed by atoms with van der Waals surface area (Å²) >= 11 is 1.75. The van der Waals surface area contributed by atoms with Gasteiger partial charge in [-0.2, -0.15) is 11.8 Å². The summed E-state index contributed by atoms with van der Waals surface area (Å²) < 4.78 is 12.2. The summed E-state index contributed by atoms with van der Waals surface area (Å²) in [6.07, 6.45) is -5.33.